The van der Waals surface area contributed by atoms with E-state index in [1.807, 2.05) is 22.6 Å². The zero-order valence-electron chi connectivity index (χ0n) is 14.8. The fourth-order valence-electron chi connectivity index (χ4n) is 2.64. The van der Waals surface area contributed by atoms with E-state index in [1.54, 1.807) is 35.6 Å². The molecule has 0 spiro atoms. The Labute approximate surface area is 175 Å². The zero-order valence-corrected chi connectivity index (χ0v) is 17.2. The maximum absolute atomic E-state index is 10.2. The van der Waals surface area contributed by atoms with Crippen LogP contribution in [0, 0.1) is 0 Å². The van der Waals surface area contributed by atoms with Gasteiger partial charge in [-0.15, -0.1) is 10.2 Å². The van der Waals surface area contributed by atoms with Crippen molar-refractivity contribution >= 4 is 49.9 Å². The predicted octanol–water partition coefficient (Wildman–Crippen LogP) is 4.15. The summed E-state index contributed by atoms with van der Waals surface area (Å²) in [6, 6.07) is 15.3. The van der Waals surface area contributed by atoms with Crippen LogP contribution >= 0.6 is 34.7 Å². The molecule has 9 heteroatoms. The molecule has 0 bridgehead atoms. The largest absolute Gasteiger partial charge is 0.491 e. The first-order valence-corrected chi connectivity index (χ1v) is 10.9. The van der Waals surface area contributed by atoms with E-state index in [4.69, 9.17) is 21.1 Å². The summed E-state index contributed by atoms with van der Waals surface area (Å²) in [6.45, 7) is 1.05. The number of halogens is 1. The SMILES string of the molecule is O[C@@H](COCCOc1ccc(Cl)cc1)CSc1nnc2sc3ccccc3n12. The van der Waals surface area contributed by atoms with E-state index in [0.717, 1.165) is 21.4 Å². The Morgan fingerprint density at radius 3 is 2.79 bits per heavy atom. The number of aliphatic hydroxyl groups excluding tert-OH is 1. The standard InChI is InChI=1S/C19H18ClN3O3S2/c20-13-5-7-15(8-6-13)26-10-9-25-11-14(24)12-27-18-21-22-19-23(18)16-3-1-2-4-17(16)28-19/h1-8,14,24H,9-12H2/t14-/m0/s1. The van der Waals surface area contributed by atoms with Gasteiger partial charge >= 0.3 is 0 Å². The Morgan fingerprint density at radius 2 is 1.93 bits per heavy atom. The number of hydrogen-bond donors (Lipinski definition) is 1. The molecule has 0 aliphatic rings. The lowest BCUT2D eigenvalue weighted by Crippen LogP contribution is -2.20. The number of ether oxygens (including phenoxy) is 2. The van der Waals surface area contributed by atoms with Gasteiger partial charge in [0.15, 0.2) is 5.16 Å². The summed E-state index contributed by atoms with van der Waals surface area (Å²) >= 11 is 8.90. The number of benzene rings is 2. The third-order valence-electron chi connectivity index (χ3n) is 3.94. The van der Waals surface area contributed by atoms with Crippen molar-refractivity contribution in [2.24, 2.45) is 0 Å². The van der Waals surface area contributed by atoms with Gasteiger partial charge in [-0.05, 0) is 36.4 Å². The van der Waals surface area contributed by atoms with Crippen LogP contribution in [0.3, 0.4) is 0 Å². The van der Waals surface area contributed by atoms with Crippen LogP contribution in [-0.2, 0) is 4.74 Å². The van der Waals surface area contributed by atoms with Gasteiger partial charge in [-0.25, -0.2) is 0 Å². The molecule has 28 heavy (non-hydrogen) atoms. The van der Waals surface area contributed by atoms with Crippen molar-refractivity contribution in [3.8, 4) is 5.75 Å². The fraction of sp³-hybridized carbons (Fsp3) is 0.263. The first-order valence-electron chi connectivity index (χ1n) is 8.70. The summed E-state index contributed by atoms with van der Waals surface area (Å²) in [6.07, 6.45) is -0.599. The van der Waals surface area contributed by atoms with Crippen LogP contribution in [0.4, 0.5) is 0 Å². The van der Waals surface area contributed by atoms with Crippen LogP contribution < -0.4 is 4.74 Å². The Hall–Kier alpha value is -1.84. The van der Waals surface area contributed by atoms with Gasteiger partial charge in [0, 0.05) is 10.8 Å². The van der Waals surface area contributed by atoms with Gasteiger partial charge in [0.2, 0.25) is 4.96 Å². The lowest BCUT2D eigenvalue weighted by molar-refractivity contribution is 0.0348. The molecule has 2 aromatic heterocycles. The molecule has 4 rings (SSSR count). The highest BCUT2D eigenvalue weighted by molar-refractivity contribution is 7.99. The van der Waals surface area contributed by atoms with Crippen molar-refractivity contribution < 1.29 is 14.6 Å². The molecule has 1 N–H and O–H groups in total. The number of nitrogens with zero attached hydrogens (tertiary/aromatic N) is 3. The highest BCUT2D eigenvalue weighted by Crippen LogP contribution is 2.29. The number of aliphatic hydroxyl groups is 1. The van der Waals surface area contributed by atoms with E-state index in [2.05, 4.69) is 16.3 Å². The van der Waals surface area contributed by atoms with Gasteiger partial charge in [0.25, 0.3) is 0 Å². The van der Waals surface area contributed by atoms with Gasteiger partial charge in [-0.1, -0.05) is 46.8 Å². The molecule has 0 aliphatic carbocycles. The third-order valence-corrected chi connectivity index (χ3v) is 6.27. The molecular formula is C19H18ClN3O3S2. The monoisotopic (exact) mass is 435 g/mol. The second-order valence-corrected chi connectivity index (χ2v) is 8.45. The molecule has 4 aromatic rings. The number of para-hydroxylation sites is 1. The second kappa shape index (κ2) is 9.11. The Kier molecular flexibility index (Phi) is 6.33. The molecule has 2 heterocycles. The van der Waals surface area contributed by atoms with E-state index in [9.17, 15) is 5.11 Å². The minimum atomic E-state index is -0.599. The number of aromatic nitrogens is 3. The van der Waals surface area contributed by atoms with Crippen LogP contribution in [0.25, 0.3) is 15.2 Å². The van der Waals surface area contributed by atoms with Crippen molar-refractivity contribution in [1.29, 1.82) is 0 Å². The molecule has 6 nitrogen and oxygen atoms in total. The van der Waals surface area contributed by atoms with Crippen LogP contribution in [0.15, 0.2) is 53.7 Å². The Morgan fingerprint density at radius 1 is 1.11 bits per heavy atom. The van der Waals surface area contributed by atoms with Crippen LogP contribution in [-0.4, -0.2) is 51.4 Å². The molecule has 0 fully saturated rings. The molecular weight excluding hydrogens is 418 g/mol. The number of rotatable bonds is 9. The smallest absolute Gasteiger partial charge is 0.217 e. The molecule has 0 radical (unpaired) electrons. The highest BCUT2D eigenvalue weighted by Gasteiger charge is 2.14. The van der Waals surface area contributed by atoms with E-state index in [0.29, 0.717) is 24.0 Å². The van der Waals surface area contributed by atoms with Crippen molar-refractivity contribution in [3.05, 3.63) is 53.6 Å². The highest BCUT2D eigenvalue weighted by atomic mass is 35.5. The van der Waals surface area contributed by atoms with Crippen molar-refractivity contribution in [2.75, 3.05) is 25.6 Å². The average Bonchev–Trinajstić information content (AvgIpc) is 3.27. The zero-order chi connectivity index (χ0) is 19.3. The van der Waals surface area contributed by atoms with E-state index in [-0.39, 0.29) is 6.61 Å². The van der Waals surface area contributed by atoms with Crippen LogP contribution in [0.2, 0.25) is 5.02 Å². The minimum absolute atomic E-state index is 0.239. The Balaban J connectivity index is 1.22. The molecule has 0 saturated heterocycles. The number of hydrogen-bond acceptors (Lipinski definition) is 7. The number of thiazole rings is 1. The normalized spacial score (nSPS) is 12.6. The Bertz CT molecular complexity index is 1050. The second-order valence-electron chi connectivity index (χ2n) is 6.01. The van der Waals surface area contributed by atoms with Gasteiger partial charge in [-0.2, -0.15) is 0 Å². The van der Waals surface area contributed by atoms with E-state index < -0.39 is 6.10 Å². The van der Waals surface area contributed by atoms with E-state index in [1.165, 1.54) is 16.5 Å². The number of fused-ring (bicyclic) bond motifs is 3. The summed E-state index contributed by atoms with van der Waals surface area (Å²) in [7, 11) is 0. The summed E-state index contributed by atoms with van der Waals surface area (Å²) in [5.74, 6) is 1.21. The quantitative estimate of drug-likeness (QED) is 0.314. The van der Waals surface area contributed by atoms with Crippen molar-refractivity contribution in [2.45, 2.75) is 11.3 Å². The van der Waals surface area contributed by atoms with Gasteiger partial charge in [-0.3, -0.25) is 4.40 Å². The molecule has 2 aromatic carbocycles. The fourth-order valence-corrected chi connectivity index (χ4v) is 4.64. The summed E-state index contributed by atoms with van der Waals surface area (Å²) < 4.78 is 14.2. The average molecular weight is 436 g/mol. The maximum atomic E-state index is 10.2. The lowest BCUT2D eigenvalue weighted by Gasteiger charge is -2.11. The molecule has 0 saturated carbocycles. The molecule has 0 unspecified atom stereocenters. The first-order chi connectivity index (χ1) is 13.7. The first kappa shape index (κ1) is 19.5. The third kappa shape index (κ3) is 4.59. The van der Waals surface area contributed by atoms with Gasteiger partial charge in [0.1, 0.15) is 12.4 Å². The van der Waals surface area contributed by atoms with Gasteiger partial charge < -0.3 is 14.6 Å². The van der Waals surface area contributed by atoms with Crippen molar-refractivity contribution in [1.82, 2.24) is 14.6 Å². The number of thioether (sulfide) groups is 1. The lowest BCUT2D eigenvalue weighted by atomic mass is 10.3. The molecule has 0 amide bonds. The maximum Gasteiger partial charge on any atom is 0.217 e. The molecule has 0 aliphatic heterocycles. The van der Waals surface area contributed by atoms with Gasteiger partial charge in [0.05, 0.1) is 29.5 Å². The van der Waals surface area contributed by atoms with Crippen LogP contribution in [0.1, 0.15) is 0 Å². The van der Waals surface area contributed by atoms with Crippen LogP contribution in [0.5, 0.6) is 5.75 Å². The summed E-state index contributed by atoms with van der Waals surface area (Å²) in [5, 5.41) is 20.1. The predicted molar refractivity (Wildman–Crippen MR) is 113 cm³/mol. The molecule has 146 valence electrons. The summed E-state index contributed by atoms with van der Waals surface area (Å²) in [5.41, 5.74) is 1.08. The molecule has 1 atom stereocenters. The minimum Gasteiger partial charge on any atom is -0.491 e. The van der Waals surface area contributed by atoms with Crippen molar-refractivity contribution in [3.63, 3.8) is 0 Å². The summed E-state index contributed by atoms with van der Waals surface area (Å²) in [4.78, 5) is 0.855. The van der Waals surface area contributed by atoms with E-state index >= 15 is 0 Å². The topological polar surface area (TPSA) is 68.9 Å².